The van der Waals surface area contributed by atoms with Crippen LogP contribution in [0.25, 0.3) is 69.6 Å². The Hall–Kier alpha value is -4.40. The van der Waals surface area contributed by atoms with Crippen LogP contribution in [0.4, 0.5) is 0 Å². The summed E-state index contributed by atoms with van der Waals surface area (Å²) < 4.78 is 5.16. The molecule has 0 N–H and O–H groups in total. The molecule has 1 nitrogen and oxygen atoms in total. The highest BCUT2D eigenvalue weighted by Gasteiger charge is 2.38. The van der Waals surface area contributed by atoms with Crippen molar-refractivity contribution in [3.63, 3.8) is 0 Å². The fourth-order valence-electron chi connectivity index (χ4n) is 7.18. The van der Waals surface area contributed by atoms with Gasteiger partial charge in [0.2, 0.25) is 0 Å². The summed E-state index contributed by atoms with van der Waals surface area (Å²) in [6, 6.07) is 43.0. The zero-order chi connectivity index (χ0) is 25.9. The zero-order valence-corrected chi connectivity index (χ0v) is 22.6. The first kappa shape index (κ1) is 21.5. The van der Waals surface area contributed by atoms with E-state index in [9.17, 15) is 0 Å². The van der Waals surface area contributed by atoms with E-state index in [2.05, 4.69) is 134 Å². The van der Waals surface area contributed by atoms with Crippen molar-refractivity contribution in [2.45, 2.75) is 19.3 Å². The standard InChI is InChI=1S/C37H25NS/c1-37(2)28-17-15-22-9-3-4-10-24(22)34(28)36-29(37)18-19-31-35(36)26-12-5-7-13-30(26)38(31)23-16-20-33-27(21-23)25-11-6-8-14-32(25)39-33/h3-21H,1-2H3. The van der Waals surface area contributed by atoms with Gasteiger partial charge in [-0.15, -0.1) is 11.3 Å². The third kappa shape index (κ3) is 2.69. The number of hydrogen-bond donors (Lipinski definition) is 0. The fraction of sp³-hybridized carbons (Fsp3) is 0.0811. The van der Waals surface area contributed by atoms with E-state index < -0.39 is 0 Å². The Kier molecular flexibility index (Phi) is 4.07. The molecule has 2 aromatic heterocycles. The maximum Gasteiger partial charge on any atom is 0.0547 e. The lowest BCUT2D eigenvalue weighted by Gasteiger charge is -2.21. The summed E-state index contributed by atoms with van der Waals surface area (Å²) >= 11 is 1.88. The number of thiophene rings is 1. The Bertz CT molecular complexity index is 2310. The molecule has 0 fully saturated rings. The van der Waals surface area contributed by atoms with E-state index in [0.29, 0.717) is 0 Å². The molecule has 0 saturated heterocycles. The minimum absolute atomic E-state index is 0.0550. The maximum atomic E-state index is 2.48. The highest BCUT2D eigenvalue weighted by Crippen LogP contribution is 2.55. The molecule has 0 bridgehead atoms. The highest BCUT2D eigenvalue weighted by molar-refractivity contribution is 7.25. The number of benzene rings is 6. The van der Waals surface area contributed by atoms with E-state index in [1.165, 1.54) is 80.7 Å². The molecule has 0 atom stereocenters. The van der Waals surface area contributed by atoms with Crippen molar-refractivity contribution in [3.05, 3.63) is 126 Å². The molecule has 0 amide bonds. The van der Waals surface area contributed by atoms with E-state index in [-0.39, 0.29) is 5.41 Å². The molecule has 6 aromatic carbocycles. The average Bonchev–Trinajstić information content (AvgIpc) is 3.58. The van der Waals surface area contributed by atoms with E-state index in [1.54, 1.807) is 0 Å². The van der Waals surface area contributed by atoms with Crippen LogP contribution in [0.2, 0.25) is 0 Å². The van der Waals surface area contributed by atoms with Crippen LogP contribution in [0.1, 0.15) is 25.0 Å². The summed E-state index contributed by atoms with van der Waals surface area (Å²) in [5.74, 6) is 0. The predicted molar refractivity (Wildman–Crippen MR) is 169 cm³/mol. The van der Waals surface area contributed by atoms with Gasteiger partial charge >= 0.3 is 0 Å². The smallest absolute Gasteiger partial charge is 0.0547 e. The van der Waals surface area contributed by atoms with Crippen molar-refractivity contribution < 1.29 is 0 Å². The fourth-order valence-corrected chi connectivity index (χ4v) is 8.27. The van der Waals surface area contributed by atoms with Gasteiger partial charge in [-0.25, -0.2) is 0 Å². The number of aromatic nitrogens is 1. The molecule has 0 aliphatic heterocycles. The van der Waals surface area contributed by atoms with Crippen molar-refractivity contribution in [1.82, 2.24) is 4.57 Å². The van der Waals surface area contributed by atoms with Crippen molar-refractivity contribution >= 4 is 64.1 Å². The monoisotopic (exact) mass is 515 g/mol. The Labute approximate surface area is 230 Å². The van der Waals surface area contributed by atoms with Gasteiger partial charge in [-0.05, 0) is 69.4 Å². The average molecular weight is 516 g/mol. The van der Waals surface area contributed by atoms with E-state index in [4.69, 9.17) is 0 Å². The Morgan fingerprint density at radius 3 is 2.13 bits per heavy atom. The number of para-hydroxylation sites is 1. The number of nitrogens with zero attached hydrogens (tertiary/aromatic N) is 1. The molecule has 0 spiro atoms. The second-order valence-electron chi connectivity index (χ2n) is 11.3. The summed E-state index contributed by atoms with van der Waals surface area (Å²) in [7, 11) is 0. The highest BCUT2D eigenvalue weighted by atomic mass is 32.1. The molecule has 2 heteroatoms. The molecule has 1 aliphatic carbocycles. The topological polar surface area (TPSA) is 4.93 Å². The van der Waals surface area contributed by atoms with Crippen molar-refractivity contribution in [2.75, 3.05) is 0 Å². The third-order valence-corrected chi connectivity index (χ3v) is 10.1. The predicted octanol–water partition coefficient (Wildman–Crippen LogP) is 10.6. The van der Waals surface area contributed by atoms with Crippen molar-refractivity contribution in [3.8, 4) is 16.8 Å². The quantitative estimate of drug-likeness (QED) is 0.205. The van der Waals surface area contributed by atoms with Crippen LogP contribution in [-0.4, -0.2) is 4.57 Å². The van der Waals surface area contributed by atoms with Crippen LogP contribution in [0, 0.1) is 0 Å². The molecule has 9 rings (SSSR count). The zero-order valence-electron chi connectivity index (χ0n) is 21.8. The van der Waals surface area contributed by atoms with E-state index >= 15 is 0 Å². The number of fused-ring (bicyclic) bond motifs is 12. The van der Waals surface area contributed by atoms with Crippen LogP contribution >= 0.6 is 11.3 Å². The van der Waals surface area contributed by atoms with Gasteiger partial charge in [0, 0.05) is 42.0 Å². The van der Waals surface area contributed by atoms with Crippen molar-refractivity contribution in [1.29, 1.82) is 0 Å². The first-order chi connectivity index (χ1) is 19.1. The largest absolute Gasteiger partial charge is 0.309 e. The molecule has 0 radical (unpaired) electrons. The molecule has 0 unspecified atom stereocenters. The number of hydrogen-bond acceptors (Lipinski definition) is 1. The Morgan fingerprint density at radius 1 is 0.538 bits per heavy atom. The normalized spacial score (nSPS) is 14.1. The summed E-state index contributed by atoms with van der Waals surface area (Å²) in [4.78, 5) is 0. The summed E-state index contributed by atoms with van der Waals surface area (Å²) in [6.07, 6.45) is 0. The molecular weight excluding hydrogens is 490 g/mol. The van der Waals surface area contributed by atoms with E-state index in [0.717, 1.165) is 0 Å². The third-order valence-electron chi connectivity index (χ3n) is 8.98. The van der Waals surface area contributed by atoms with Crippen LogP contribution in [0.15, 0.2) is 115 Å². The lowest BCUT2D eigenvalue weighted by Crippen LogP contribution is -2.14. The minimum Gasteiger partial charge on any atom is -0.309 e. The van der Waals surface area contributed by atoms with Crippen molar-refractivity contribution in [2.24, 2.45) is 0 Å². The molecule has 2 heterocycles. The van der Waals surface area contributed by atoms with E-state index in [1.807, 2.05) is 11.3 Å². The van der Waals surface area contributed by atoms with Crippen LogP contribution in [0.5, 0.6) is 0 Å². The van der Waals surface area contributed by atoms with Gasteiger partial charge in [0.05, 0.1) is 11.0 Å². The van der Waals surface area contributed by atoms with Gasteiger partial charge in [0.1, 0.15) is 0 Å². The molecule has 1 aliphatic rings. The molecule has 8 aromatic rings. The van der Waals surface area contributed by atoms with Crippen LogP contribution < -0.4 is 0 Å². The molecule has 0 saturated carbocycles. The second-order valence-corrected chi connectivity index (χ2v) is 12.4. The summed E-state index contributed by atoms with van der Waals surface area (Å²) in [6.45, 7) is 4.76. The Balaban J connectivity index is 1.44. The van der Waals surface area contributed by atoms with Gasteiger partial charge in [-0.1, -0.05) is 92.7 Å². The maximum absolute atomic E-state index is 2.48. The second kappa shape index (κ2) is 7.37. The first-order valence-electron chi connectivity index (χ1n) is 13.6. The first-order valence-corrected chi connectivity index (χ1v) is 14.4. The summed E-state index contributed by atoms with van der Waals surface area (Å²) in [5.41, 5.74) is 9.34. The summed E-state index contributed by atoms with van der Waals surface area (Å²) in [5, 5.41) is 7.99. The SMILES string of the molecule is CC1(C)c2ccc3ccccc3c2-c2c1ccc1c2c2ccccc2n1-c1ccc2sc3ccccc3c2c1. The molecule has 184 valence electrons. The Morgan fingerprint density at radius 2 is 1.23 bits per heavy atom. The van der Waals surface area contributed by atoms with Gasteiger partial charge in [-0.3, -0.25) is 0 Å². The van der Waals surface area contributed by atoms with Gasteiger partial charge in [0.15, 0.2) is 0 Å². The van der Waals surface area contributed by atoms with Gasteiger partial charge in [-0.2, -0.15) is 0 Å². The van der Waals surface area contributed by atoms with Crippen LogP contribution in [0.3, 0.4) is 0 Å². The lowest BCUT2D eigenvalue weighted by molar-refractivity contribution is 0.661. The molecule has 39 heavy (non-hydrogen) atoms. The van der Waals surface area contributed by atoms with Gasteiger partial charge < -0.3 is 4.57 Å². The molecular formula is C37H25NS. The van der Waals surface area contributed by atoms with Crippen LogP contribution in [-0.2, 0) is 5.41 Å². The number of rotatable bonds is 1. The minimum atomic E-state index is -0.0550. The van der Waals surface area contributed by atoms with Gasteiger partial charge in [0.25, 0.3) is 0 Å². The lowest BCUT2D eigenvalue weighted by atomic mass is 9.82.